The van der Waals surface area contributed by atoms with Crippen LogP contribution in [0, 0.1) is 6.92 Å². The van der Waals surface area contributed by atoms with Crippen molar-refractivity contribution in [2.45, 2.75) is 6.92 Å². The van der Waals surface area contributed by atoms with Crippen LogP contribution in [0.1, 0.15) is 16.1 Å². The first kappa shape index (κ1) is 12.5. The van der Waals surface area contributed by atoms with Crippen molar-refractivity contribution in [3.8, 4) is 11.5 Å². The zero-order valence-corrected chi connectivity index (χ0v) is 11.1. The molecule has 1 aliphatic heterocycles. The predicted octanol–water partition coefficient (Wildman–Crippen LogP) is 2.41. The van der Waals surface area contributed by atoms with Gasteiger partial charge in [0.15, 0.2) is 11.5 Å². The topological polar surface area (TPSA) is 60.5 Å². The number of anilines is 1. The molecule has 0 radical (unpaired) electrons. The molecule has 5 heteroatoms. The second-order valence-electron chi connectivity index (χ2n) is 4.53. The minimum atomic E-state index is -0.245. The van der Waals surface area contributed by atoms with Crippen LogP contribution in [0.25, 0.3) is 0 Å². The Kier molecular flexibility index (Phi) is 3.25. The van der Waals surface area contributed by atoms with E-state index in [1.165, 1.54) is 0 Å². The number of amides is 1. The lowest BCUT2D eigenvalue weighted by atomic mass is 10.2. The van der Waals surface area contributed by atoms with Crippen molar-refractivity contribution < 1.29 is 14.3 Å². The molecule has 1 aliphatic rings. The van der Waals surface area contributed by atoms with Crippen molar-refractivity contribution >= 4 is 11.6 Å². The highest BCUT2D eigenvalue weighted by Gasteiger charge is 2.13. The van der Waals surface area contributed by atoms with Gasteiger partial charge in [-0.3, -0.25) is 9.78 Å². The molecular formula is C15H14N2O3. The summed E-state index contributed by atoms with van der Waals surface area (Å²) in [6.07, 6.45) is 1.62. The van der Waals surface area contributed by atoms with Gasteiger partial charge in [-0.1, -0.05) is 0 Å². The highest BCUT2D eigenvalue weighted by molar-refractivity contribution is 6.03. The average Bonchev–Trinajstić information content (AvgIpc) is 2.47. The minimum Gasteiger partial charge on any atom is -0.486 e. The van der Waals surface area contributed by atoms with E-state index in [1.807, 2.05) is 13.0 Å². The molecule has 0 atom stereocenters. The Morgan fingerprint density at radius 2 is 1.95 bits per heavy atom. The second-order valence-corrected chi connectivity index (χ2v) is 4.53. The summed E-state index contributed by atoms with van der Waals surface area (Å²) in [6.45, 7) is 2.98. The van der Waals surface area contributed by atoms with Crippen LogP contribution in [0.3, 0.4) is 0 Å². The van der Waals surface area contributed by atoms with Gasteiger partial charge in [0.05, 0.1) is 0 Å². The SMILES string of the molecule is Cc1ccnc(C(=O)Nc2ccc3c(c2)OCCO3)c1. The van der Waals surface area contributed by atoms with E-state index in [2.05, 4.69) is 10.3 Å². The zero-order chi connectivity index (χ0) is 13.9. The highest BCUT2D eigenvalue weighted by Crippen LogP contribution is 2.32. The maximum Gasteiger partial charge on any atom is 0.274 e. The fourth-order valence-corrected chi connectivity index (χ4v) is 1.98. The molecule has 0 aliphatic carbocycles. The second kappa shape index (κ2) is 5.21. The van der Waals surface area contributed by atoms with Crippen LogP contribution in [0.15, 0.2) is 36.5 Å². The van der Waals surface area contributed by atoms with Gasteiger partial charge in [-0.05, 0) is 36.8 Å². The smallest absolute Gasteiger partial charge is 0.274 e. The van der Waals surface area contributed by atoms with Gasteiger partial charge in [0, 0.05) is 18.0 Å². The Morgan fingerprint density at radius 1 is 1.15 bits per heavy atom. The summed E-state index contributed by atoms with van der Waals surface area (Å²) in [5.41, 5.74) is 2.04. The van der Waals surface area contributed by atoms with Crippen molar-refractivity contribution in [2.24, 2.45) is 0 Å². The van der Waals surface area contributed by atoms with Crippen LogP contribution in [0.4, 0.5) is 5.69 Å². The number of ether oxygens (including phenoxy) is 2. The number of pyridine rings is 1. The largest absolute Gasteiger partial charge is 0.486 e. The molecule has 0 saturated heterocycles. The summed E-state index contributed by atoms with van der Waals surface area (Å²) in [6, 6.07) is 8.91. The molecule has 2 heterocycles. The van der Waals surface area contributed by atoms with E-state index < -0.39 is 0 Å². The number of rotatable bonds is 2. The Balaban J connectivity index is 1.79. The molecule has 1 aromatic heterocycles. The van der Waals surface area contributed by atoms with E-state index in [-0.39, 0.29) is 5.91 Å². The summed E-state index contributed by atoms with van der Waals surface area (Å²) < 4.78 is 10.9. The molecule has 1 amide bonds. The van der Waals surface area contributed by atoms with E-state index in [1.54, 1.807) is 30.5 Å². The number of hydrogen-bond acceptors (Lipinski definition) is 4. The Labute approximate surface area is 116 Å². The number of aryl methyl sites for hydroxylation is 1. The van der Waals surface area contributed by atoms with E-state index in [9.17, 15) is 4.79 Å². The molecular weight excluding hydrogens is 256 g/mol. The van der Waals surface area contributed by atoms with Crippen molar-refractivity contribution in [1.82, 2.24) is 4.98 Å². The number of nitrogens with zero attached hydrogens (tertiary/aromatic N) is 1. The first-order valence-electron chi connectivity index (χ1n) is 6.36. The van der Waals surface area contributed by atoms with Gasteiger partial charge in [-0.2, -0.15) is 0 Å². The number of nitrogens with one attached hydrogen (secondary N) is 1. The van der Waals surface area contributed by atoms with Crippen LogP contribution >= 0.6 is 0 Å². The van der Waals surface area contributed by atoms with Crippen LogP contribution < -0.4 is 14.8 Å². The van der Waals surface area contributed by atoms with Crippen molar-refractivity contribution in [3.05, 3.63) is 47.8 Å². The Morgan fingerprint density at radius 3 is 2.75 bits per heavy atom. The third kappa shape index (κ3) is 2.56. The monoisotopic (exact) mass is 270 g/mol. The fourth-order valence-electron chi connectivity index (χ4n) is 1.98. The van der Waals surface area contributed by atoms with Gasteiger partial charge in [0.2, 0.25) is 0 Å². The van der Waals surface area contributed by atoms with E-state index in [0.717, 1.165) is 5.56 Å². The van der Waals surface area contributed by atoms with Crippen LogP contribution in [0.2, 0.25) is 0 Å². The van der Waals surface area contributed by atoms with Crippen LogP contribution in [-0.2, 0) is 0 Å². The number of aromatic nitrogens is 1. The highest BCUT2D eigenvalue weighted by atomic mass is 16.6. The van der Waals surface area contributed by atoms with Gasteiger partial charge in [-0.15, -0.1) is 0 Å². The van der Waals surface area contributed by atoms with E-state index in [4.69, 9.17) is 9.47 Å². The molecule has 5 nitrogen and oxygen atoms in total. The molecule has 20 heavy (non-hydrogen) atoms. The first-order chi connectivity index (χ1) is 9.72. The maximum atomic E-state index is 12.1. The first-order valence-corrected chi connectivity index (χ1v) is 6.36. The third-order valence-corrected chi connectivity index (χ3v) is 2.95. The van der Waals surface area contributed by atoms with Crippen molar-refractivity contribution in [1.29, 1.82) is 0 Å². The molecule has 0 fully saturated rings. The lowest BCUT2D eigenvalue weighted by Gasteiger charge is -2.18. The summed E-state index contributed by atoms with van der Waals surface area (Å²) in [5.74, 6) is 1.10. The zero-order valence-electron chi connectivity index (χ0n) is 11.1. The number of carbonyl (C=O) groups is 1. The summed E-state index contributed by atoms with van der Waals surface area (Å²) in [4.78, 5) is 16.1. The average molecular weight is 270 g/mol. The minimum absolute atomic E-state index is 0.245. The van der Waals surface area contributed by atoms with E-state index >= 15 is 0 Å². The quantitative estimate of drug-likeness (QED) is 0.910. The third-order valence-electron chi connectivity index (χ3n) is 2.95. The Hall–Kier alpha value is -2.56. The molecule has 0 spiro atoms. The van der Waals surface area contributed by atoms with Gasteiger partial charge < -0.3 is 14.8 Å². The summed E-state index contributed by atoms with van der Waals surface area (Å²) in [5, 5.41) is 2.80. The summed E-state index contributed by atoms with van der Waals surface area (Å²) in [7, 11) is 0. The number of carbonyl (C=O) groups excluding carboxylic acids is 1. The van der Waals surface area contributed by atoms with Gasteiger partial charge in [0.1, 0.15) is 18.9 Å². The molecule has 3 rings (SSSR count). The molecule has 0 bridgehead atoms. The number of hydrogen-bond donors (Lipinski definition) is 1. The standard InChI is InChI=1S/C15H14N2O3/c1-10-4-5-16-12(8-10)15(18)17-11-2-3-13-14(9-11)20-7-6-19-13/h2-5,8-9H,6-7H2,1H3,(H,17,18). The fraction of sp³-hybridized carbons (Fsp3) is 0.200. The normalized spacial score (nSPS) is 12.8. The van der Waals surface area contributed by atoms with Crippen LogP contribution in [0.5, 0.6) is 11.5 Å². The number of benzene rings is 1. The number of fused-ring (bicyclic) bond motifs is 1. The molecule has 1 aromatic carbocycles. The molecule has 102 valence electrons. The van der Waals surface area contributed by atoms with Gasteiger partial charge in [-0.25, -0.2) is 0 Å². The van der Waals surface area contributed by atoms with E-state index in [0.29, 0.717) is 36.1 Å². The van der Waals surface area contributed by atoms with Gasteiger partial charge >= 0.3 is 0 Å². The van der Waals surface area contributed by atoms with Crippen molar-refractivity contribution in [3.63, 3.8) is 0 Å². The Bertz CT molecular complexity index is 655. The maximum absolute atomic E-state index is 12.1. The van der Waals surface area contributed by atoms with Gasteiger partial charge in [0.25, 0.3) is 5.91 Å². The lowest BCUT2D eigenvalue weighted by molar-refractivity contribution is 0.102. The molecule has 2 aromatic rings. The molecule has 1 N–H and O–H groups in total. The summed E-state index contributed by atoms with van der Waals surface area (Å²) >= 11 is 0. The predicted molar refractivity (Wildman–Crippen MR) is 74.4 cm³/mol. The van der Waals surface area contributed by atoms with Crippen molar-refractivity contribution in [2.75, 3.05) is 18.5 Å². The van der Waals surface area contributed by atoms with Crippen LogP contribution in [-0.4, -0.2) is 24.1 Å². The lowest BCUT2D eigenvalue weighted by Crippen LogP contribution is -2.17. The molecule has 0 saturated carbocycles. The molecule has 0 unspecified atom stereocenters.